The van der Waals surface area contributed by atoms with Crippen molar-refractivity contribution >= 4 is 29.2 Å². The Bertz CT molecular complexity index is 1260. The summed E-state index contributed by atoms with van der Waals surface area (Å²) in [6.07, 6.45) is 3.06. The van der Waals surface area contributed by atoms with Gasteiger partial charge in [-0.25, -0.2) is 4.39 Å². The zero-order valence-electron chi connectivity index (χ0n) is 16.2. The van der Waals surface area contributed by atoms with Gasteiger partial charge in [-0.15, -0.1) is 15.3 Å². The van der Waals surface area contributed by atoms with Crippen LogP contribution in [0.2, 0.25) is 5.02 Å². The van der Waals surface area contributed by atoms with E-state index in [2.05, 4.69) is 20.6 Å². The molecule has 31 heavy (non-hydrogen) atoms. The number of fused-ring (bicyclic) bond motifs is 1. The third-order valence-electron chi connectivity index (χ3n) is 4.29. The van der Waals surface area contributed by atoms with E-state index in [0.29, 0.717) is 27.9 Å². The van der Waals surface area contributed by atoms with Crippen molar-refractivity contribution in [1.29, 1.82) is 0 Å². The van der Waals surface area contributed by atoms with Gasteiger partial charge in [0.25, 0.3) is 0 Å². The summed E-state index contributed by atoms with van der Waals surface area (Å²) >= 11 is 6.05. The molecule has 0 radical (unpaired) electrons. The van der Waals surface area contributed by atoms with E-state index in [9.17, 15) is 9.18 Å². The van der Waals surface area contributed by atoms with Gasteiger partial charge in [0, 0.05) is 22.7 Å². The summed E-state index contributed by atoms with van der Waals surface area (Å²) in [5.74, 6) is 0.0869. The molecule has 1 N–H and O–H groups in total. The molecule has 4 aromatic rings. The number of carbonyl (C=O) groups excluding carboxylic acids is 1. The van der Waals surface area contributed by atoms with Crippen LogP contribution in [0.3, 0.4) is 0 Å². The fourth-order valence-electron chi connectivity index (χ4n) is 2.82. The second kappa shape index (κ2) is 9.36. The second-order valence-electron chi connectivity index (χ2n) is 6.47. The van der Waals surface area contributed by atoms with Gasteiger partial charge in [0.05, 0.1) is 6.54 Å². The Labute approximate surface area is 182 Å². The predicted molar refractivity (Wildman–Crippen MR) is 115 cm³/mol. The number of hydrogen-bond acceptors (Lipinski definition) is 5. The van der Waals surface area contributed by atoms with Gasteiger partial charge in [-0.05, 0) is 35.9 Å². The first-order valence-electron chi connectivity index (χ1n) is 9.42. The topological polar surface area (TPSA) is 81.4 Å². The fraction of sp³-hybridized carbons (Fsp3) is 0.0909. The van der Waals surface area contributed by atoms with E-state index in [-0.39, 0.29) is 24.9 Å². The van der Waals surface area contributed by atoms with Crippen molar-refractivity contribution in [2.45, 2.75) is 0 Å². The summed E-state index contributed by atoms with van der Waals surface area (Å²) in [6.45, 7) is 0.492. The number of amides is 1. The molecule has 0 saturated heterocycles. The molecule has 0 spiro atoms. The van der Waals surface area contributed by atoms with Crippen LogP contribution in [0, 0.1) is 5.82 Å². The zero-order valence-corrected chi connectivity index (χ0v) is 17.0. The molecular formula is C22H17ClFN5O2. The van der Waals surface area contributed by atoms with Crippen LogP contribution in [-0.4, -0.2) is 38.9 Å². The van der Waals surface area contributed by atoms with E-state index in [4.69, 9.17) is 16.3 Å². The third kappa shape index (κ3) is 5.04. The second-order valence-corrected chi connectivity index (χ2v) is 6.88. The normalized spacial score (nSPS) is 11.2. The lowest BCUT2D eigenvalue weighted by Gasteiger charge is -2.06. The third-order valence-corrected chi connectivity index (χ3v) is 4.64. The van der Waals surface area contributed by atoms with Crippen molar-refractivity contribution in [3.63, 3.8) is 0 Å². The van der Waals surface area contributed by atoms with Crippen LogP contribution < -0.4 is 10.1 Å². The number of hydrogen-bond donors (Lipinski definition) is 1. The molecule has 9 heteroatoms. The number of ether oxygens (including phenoxy) is 1. The summed E-state index contributed by atoms with van der Waals surface area (Å²) in [7, 11) is 0. The Balaban J connectivity index is 1.35. The molecule has 2 aromatic heterocycles. The van der Waals surface area contributed by atoms with E-state index < -0.39 is 0 Å². The average Bonchev–Trinajstić information content (AvgIpc) is 3.19. The largest absolute Gasteiger partial charge is 0.475 e. The number of rotatable bonds is 7. The van der Waals surface area contributed by atoms with Crippen LogP contribution in [-0.2, 0) is 4.79 Å². The summed E-state index contributed by atoms with van der Waals surface area (Å²) in [5.41, 5.74) is 1.82. The Morgan fingerprint density at radius 2 is 2.00 bits per heavy atom. The molecule has 2 heterocycles. The van der Waals surface area contributed by atoms with Gasteiger partial charge in [0.15, 0.2) is 11.5 Å². The number of halogens is 2. The van der Waals surface area contributed by atoms with Gasteiger partial charge in [-0.2, -0.15) is 4.52 Å². The van der Waals surface area contributed by atoms with Crippen LogP contribution in [0.5, 0.6) is 5.88 Å². The Hall–Kier alpha value is -3.78. The van der Waals surface area contributed by atoms with E-state index in [1.54, 1.807) is 36.4 Å². The highest BCUT2D eigenvalue weighted by Crippen LogP contribution is 2.20. The standard InChI is InChI=1S/C22H17ClFN5O2/c23-18-7-2-1-4-15(18)8-10-20(30)25-12-13-31-21-11-9-19-26-27-22(29(19)28-21)16-5-3-6-17(24)14-16/h1-11,14H,12-13H2,(H,25,30)/b10-8+. The maximum absolute atomic E-state index is 13.5. The molecule has 156 valence electrons. The number of benzene rings is 2. The molecule has 7 nitrogen and oxygen atoms in total. The molecule has 0 atom stereocenters. The highest BCUT2D eigenvalue weighted by molar-refractivity contribution is 6.32. The molecule has 0 unspecified atom stereocenters. The monoisotopic (exact) mass is 437 g/mol. The summed E-state index contributed by atoms with van der Waals surface area (Å²) in [5, 5.41) is 15.8. The average molecular weight is 438 g/mol. The smallest absolute Gasteiger partial charge is 0.244 e. The molecule has 0 aliphatic rings. The fourth-order valence-corrected chi connectivity index (χ4v) is 3.02. The minimum atomic E-state index is -0.374. The minimum absolute atomic E-state index is 0.210. The molecule has 1 amide bonds. The molecule has 2 aromatic carbocycles. The van der Waals surface area contributed by atoms with Crippen molar-refractivity contribution < 1.29 is 13.9 Å². The lowest BCUT2D eigenvalue weighted by molar-refractivity contribution is -0.116. The van der Waals surface area contributed by atoms with Gasteiger partial charge in [-0.1, -0.05) is 41.9 Å². The Kier molecular flexibility index (Phi) is 6.18. The van der Waals surface area contributed by atoms with Crippen molar-refractivity contribution in [2.24, 2.45) is 0 Å². The molecule has 0 saturated carbocycles. The van der Waals surface area contributed by atoms with Crippen molar-refractivity contribution in [3.8, 4) is 17.3 Å². The lowest BCUT2D eigenvalue weighted by atomic mass is 10.2. The maximum atomic E-state index is 13.5. The van der Waals surface area contributed by atoms with E-state index >= 15 is 0 Å². The van der Waals surface area contributed by atoms with E-state index in [0.717, 1.165) is 5.56 Å². The highest BCUT2D eigenvalue weighted by atomic mass is 35.5. The van der Waals surface area contributed by atoms with Crippen molar-refractivity contribution in [2.75, 3.05) is 13.2 Å². The zero-order chi connectivity index (χ0) is 21.6. The van der Waals surface area contributed by atoms with Crippen LogP contribution in [0.15, 0.2) is 66.7 Å². The first-order chi connectivity index (χ1) is 15.1. The van der Waals surface area contributed by atoms with Gasteiger partial charge in [0.2, 0.25) is 11.8 Å². The predicted octanol–water partition coefficient (Wildman–Crippen LogP) is 3.79. The first-order valence-corrected chi connectivity index (χ1v) is 9.79. The van der Waals surface area contributed by atoms with Crippen molar-refractivity contribution in [3.05, 3.63) is 83.1 Å². The number of carbonyl (C=O) groups is 1. The SMILES string of the molecule is O=C(/C=C/c1ccccc1Cl)NCCOc1ccc2nnc(-c3cccc(F)c3)n2n1. The van der Waals surface area contributed by atoms with Gasteiger partial charge >= 0.3 is 0 Å². The van der Waals surface area contributed by atoms with Gasteiger partial charge in [-0.3, -0.25) is 4.79 Å². The lowest BCUT2D eigenvalue weighted by Crippen LogP contribution is -2.26. The highest BCUT2D eigenvalue weighted by Gasteiger charge is 2.11. The summed E-state index contributed by atoms with van der Waals surface area (Å²) < 4.78 is 20.6. The number of nitrogens with one attached hydrogen (secondary N) is 1. The number of aromatic nitrogens is 4. The summed E-state index contributed by atoms with van der Waals surface area (Å²) in [4.78, 5) is 11.9. The van der Waals surface area contributed by atoms with Crippen LogP contribution in [0.25, 0.3) is 23.1 Å². The van der Waals surface area contributed by atoms with Crippen molar-refractivity contribution in [1.82, 2.24) is 25.1 Å². The minimum Gasteiger partial charge on any atom is -0.475 e. The summed E-state index contributed by atoms with van der Waals surface area (Å²) in [6, 6.07) is 16.6. The molecule has 0 fully saturated rings. The Morgan fingerprint density at radius 1 is 1.13 bits per heavy atom. The quantitative estimate of drug-likeness (QED) is 0.351. The molecule has 0 aliphatic heterocycles. The molecule has 4 rings (SSSR count). The molecule has 0 aliphatic carbocycles. The van der Waals surface area contributed by atoms with E-state index in [1.807, 2.05) is 18.2 Å². The van der Waals surface area contributed by atoms with Gasteiger partial charge < -0.3 is 10.1 Å². The van der Waals surface area contributed by atoms with E-state index in [1.165, 1.54) is 22.7 Å². The Morgan fingerprint density at radius 3 is 2.84 bits per heavy atom. The molecular weight excluding hydrogens is 421 g/mol. The first kappa shape index (κ1) is 20.5. The number of nitrogens with zero attached hydrogens (tertiary/aromatic N) is 4. The van der Waals surface area contributed by atoms with Crippen LogP contribution >= 0.6 is 11.6 Å². The maximum Gasteiger partial charge on any atom is 0.244 e. The molecule has 0 bridgehead atoms. The van der Waals surface area contributed by atoms with Crippen LogP contribution in [0.4, 0.5) is 4.39 Å². The van der Waals surface area contributed by atoms with Gasteiger partial charge in [0.1, 0.15) is 12.4 Å². The van der Waals surface area contributed by atoms with Crippen LogP contribution in [0.1, 0.15) is 5.56 Å².